The minimum Gasteiger partial charge on any atom is -0.497 e. The second-order valence-electron chi connectivity index (χ2n) is 6.20. The lowest BCUT2D eigenvalue weighted by atomic mass is 10.0. The number of nitrogens with one attached hydrogen (secondary N) is 1. The Balaban J connectivity index is 2.08. The van der Waals surface area contributed by atoms with Crippen molar-refractivity contribution in [2.24, 2.45) is 5.92 Å². The van der Waals surface area contributed by atoms with E-state index in [0.717, 1.165) is 44.9 Å². The van der Waals surface area contributed by atoms with Crippen molar-refractivity contribution in [1.29, 1.82) is 0 Å². The average molecular weight is 334 g/mol. The molecule has 0 bridgehead atoms. The molecule has 1 aliphatic rings. The van der Waals surface area contributed by atoms with Gasteiger partial charge in [-0.1, -0.05) is 26.0 Å². The van der Waals surface area contributed by atoms with E-state index >= 15 is 0 Å². The molecule has 5 heteroatoms. The van der Waals surface area contributed by atoms with Gasteiger partial charge in [-0.05, 0) is 30.5 Å². The van der Waals surface area contributed by atoms with E-state index in [1.807, 2.05) is 12.1 Å². The lowest BCUT2D eigenvalue weighted by Gasteiger charge is -2.35. The molecule has 24 heavy (non-hydrogen) atoms. The molecule has 0 radical (unpaired) electrons. The first-order valence-corrected chi connectivity index (χ1v) is 8.93. The maximum atomic E-state index is 12.3. The van der Waals surface area contributed by atoms with Gasteiger partial charge in [-0.2, -0.15) is 0 Å². The molecule has 0 saturated carbocycles. The van der Waals surface area contributed by atoms with E-state index in [9.17, 15) is 4.79 Å². The van der Waals surface area contributed by atoms with Crippen molar-refractivity contribution in [3.8, 4) is 5.75 Å². The number of benzene rings is 1. The Morgan fingerprint density at radius 2 is 1.83 bits per heavy atom. The number of rotatable bonds is 8. The van der Waals surface area contributed by atoms with Gasteiger partial charge in [-0.25, -0.2) is 0 Å². The smallest absolute Gasteiger partial charge is 0.223 e. The van der Waals surface area contributed by atoms with Crippen molar-refractivity contribution in [3.05, 3.63) is 29.8 Å². The molecule has 1 atom stereocenters. The summed E-state index contributed by atoms with van der Waals surface area (Å²) in [6, 6.07) is 8.29. The molecular weight excluding hydrogens is 304 g/mol. The molecule has 0 spiro atoms. The zero-order chi connectivity index (χ0) is 17.4. The number of carbonyl (C=O) groups excluding carboxylic acids is 1. The Kier molecular flexibility index (Phi) is 7.53. The first-order valence-electron chi connectivity index (χ1n) is 8.93. The molecule has 1 aliphatic heterocycles. The van der Waals surface area contributed by atoms with Crippen LogP contribution >= 0.6 is 0 Å². The molecule has 5 nitrogen and oxygen atoms in total. The van der Waals surface area contributed by atoms with E-state index in [-0.39, 0.29) is 17.9 Å². The lowest BCUT2D eigenvalue weighted by Crippen LogP contribution is -2.44. The first-order chi connectivity index (χ1) is 11.7. The Morgan fingerprint density at radius 3 is 2.38 bits per heavy atom. The van der Waals surface area contributed by atoms with Crippen molar-refractivity contribution in [1.82, 2.24) is 10.2 Å². The van der Waals surface area contributed by atoms with Gasteiger partial charge in [0, 0.05) is 25.6 Å². The molecule has 1 unspecified atom stereocenters. The van der Waals surface area contributed by atoms with Gasteiger partial charge < -0.3 is 14.8 Å². The van der Waals surface area contributed by atoms with Crippen LogP contribution in [0.2, 0.25) is 0 Å². The van der Waals surface area contributed by atoms with Crippen molar-refractivity contribution in [3.63, 3.8) is 0 Å². The van der Waals surface area contributed by atoms with E-state index in [0.29, 0.717) is 6.54 Å². The van der Waals surface area contributed by atoms with Crippen LogP contribution < -0.4 is 10.1 Å². The maximum Gasteiger partial charge on any atom is 0.223 e. The van der Waals surface area contributed by atoms with E-state index < -0.39 is 0 Å². The lowest BCUT2D eigenvalue weighted by molar-refractivity contribution is -0.125. The van der Waals surface area contributed by atoms with Crippen LogP contribution in [0, 0.1) is 5.92 Å². The summed E-state index contributed by atoms with van der Waals surface area (Å²) in [7, 11) is 1.67. The van der Waals surface area contributed by atoms with Gasteiger partial charge in [-0.15, -0.1) is 0 Å². The third-order valence-electron chi connectivity index (χ3n) is 4.81. The van der Waals surface area contributed by atoms with Crippen molar-refractivity contribution in [2.45, 2.75) is 32.7 Å². The van der Waals surface area contributed by atoms with Gasteiger partial charge >= 0.3 is 0 Å². The summed E-state index contributed by atoms with van der Waals surface area (Å²) in [5, 5.41) is 3.16. The van der Waals surface area contributed by atoms with E-state index in [4.69, 9.17) is 9.47 Å². The van der Waals surface area contributed by atoms with E-state index in [2.05, 4.69) is 36.2 Å². The molecule has 2 rings (SSSR count). The predicted octanol–water partition coefficient (Wildman–Crippen LogP) is 2.62. The maximum absolute atomic E-state index is 12.3. The van der Waals surface area contributed by atoms with Crippen LogP contribution in [-0.2, 0) is 9.53 Å². The number of carbonyl (C=O) groups is 1. The van der Waals surface area contributed by atoms with E-state index in [1.54, 1.807) is 7.11 Å². The fourth-order valence-corrected chi connectivity index (χ4v) is 3.17. The molecule has 0 aliphatic carbocycles. The third-order valence-corrected chi connectivity index (χ3v) is 4.81. The van der Waals surface area contributed by atoms with Gasteiger partial charge in [0.25, 0.3) is 0 Å². The van der Waals surface area contributed by atoms with Crippen molar-refractivity contribution < 1.29 is 14.3 Å². The fraction of sp³-hybridized carbons (Fsp3) is 0.632. The normalized spacial score (nSPS) is 16.8. The minimum atomic E-state index is 0.103. The average Bonchev–Trinajstić information content (AvgIpc) is 2.64. The number of amides is 1. The van der Waals surface area contributed by atoms with Crippen LogP contribution in [-0.4, -0.2) is 50.8 Å². The molecule has 134 valence electrons. The zero-order valence-electron chi connectivity index (χ0n) is 15.1. The summed E-state index contributed by atoms with van der Waals surface area (Å²) < 4.78 is 10.7. The molecule has 1 N–H and O–H groups in total. The third kappa shape index (κ3) is 4.95. The van der Waals surface area contributed by atoms with Crippen LogP contribution in [0.1, 0.15) is 38.3 Å². The van der Waals surface area contributed by atoms with Crippen LogP contribution in [0.5, 0.6) is 5.75 Å². The summed E-state index contributed by atoms with van der Waals surface area (Å²) in [5.74, 6) is 1.11. The topological polar surface area (TPSA) is 50.8 Å². The molecule has 1 aromatic rings. The highest BCUT2D eigenvalue weighted by Gasteiger charge is 2.24. The zero-order valence-corrected chi connectivity index (χ0v) is 15.1. The number of hydrogen-bond donors (Lipinski definition) is 1. The van der Waals surface area contributed by atoms with Crippen molar-refractivity contribution >= 4 is 5.91 Å². The molecule has 1 saturated heterocycles. The quantitative estimate of drug-likeness (QED) is 0.794. The summed E-state index contributed by atoms with van der Waals surface area (Å²) >= 11 is 0. The SMILES string of the molecule is CCC(CC)C(=O)NCC(c1ccc(OC)cc1)N1CCOCC1. The number of methoxy groups -OCH3 is 1. The van der Waals surface area contributed by atoms with Gasteiger partial charge in [-0.3, -0.25) is 9.69 Å². The highest BCUT2D eigenvalue weighted by molar-refractivity contribution is 5.78. The number of hydrogen-bond acceptors (Lipinski definition) is 4. The van der Waals surface area contributed by atoms with Crippen molar-refractivity contribution in [2.75, 3.05) is 40.0 Å². The van der Waals surface area contributed by atoms with Gasteiger partial charge in [0.15, 0.2) is 0 Å². The number of nitrogens with zero attached hydrogens (tertiary/aromatic N) is 1. The Morgan fingerprint density at radius 1 is 1.21 bits per heavy atom. The summed E-state index contributed by atoms with van der Waals surface area (Å²) in [5.41, 5.74) is 1.20. The van der Waals surface area contributed by atoms with E-state index in [1.165, 1.54) is 5.56 Å². The highest BCUT2D eigenvalue weighted by atomic mass is 16.5. The largest absolute Gasteiger partial charge is 0.497 e. The molecule has 1 fully saturated rings. The van der Waals surface area contributed by atoms with Crippen LogP contribution in [0.15, 0.2) is 24.3 Å². The summed E-state index contributed by atoms with van der Waals surface area (Å²) in [4.78, 5) is 14.7. The summed E-state index contributed by atoms with van der Waals surface area (Å²) in [6.45, 7) is 8.02. The molecular formula is C19H30N2O3. The highest BCUT2D eigenvalue weighted by Crippen LogP contribution is 2.24. The van der Waals surface area contributed by atoms with Crippen LogP contribution in [0.25, 0.3) is 0 Å². The monoisotopic (exact) mass is 334 g/mol. The molecule has 1 amide bonds. The summed E-state index contributed by atoms with van der Waals surface area (Å²) in [6.07, 6.45) is 1.76. The molecule has 1 aromatic carbocycles. The molecule has 1 heterocycles. The number of morpholine rings is 1. The van der Waals surface area contributed by atoms with Crippen LogP contribution in [0.3, 0.4) is 0 Å². The predicted molar refractivity (Wildman–Crippen MR) is 95.2 cm³/mol. The number of ether oxygens (including phenoxy) is 2. The van der Waals surface area contributed by atoms with Gasteiger partial charge in [0.2, 0.25) is 5.91 Å². The second kappa shape index (κ2) is 9.64. The van der Waals surface area contributed by atoms with Crippen LogP contribution in [0.4, 0.5) is 0 Å². The molecule has 0 aromatic heterocycles. The Labute approximate surface area is 145 Å². The first kappa shape index (κ1) is 18.7. The minimum absolute atomic E-state index is 0.103. The fourth-order valence-electron chi connectivity index (χ4n) is 3.17. The standard InChI is InChI=1S/C19H30N2O3/c1-4-15(5-2)19(22)20-14-18(21-10-12-24-13-11-21)16-6-8-17(23-3)9-7-16/h6-9,15,18H,4-5,10-14H2,1-3H3,(H,20,22). The van der Waals surface area contributed by atoms with Gasteiger partial charge in [0.05, 0.1) is 26.4 Å². The van der Waals surface area contributed by atoms with Gasteiger partial charge in [0.1, 0.15) is 5.75 Å². The Hall–Kier alpha value is -1.59. The second-order valence-corrected chi connectivity index (χ2v) is 6.20. The Bertz CT molecular complexity index is 494.